The highest BCUT2D eigenvalue weighted by atomic mass is 32.2. The van der Waals surface area contributed by atoms with Gasteiger partial charge < -0.3 is 26.6 Å². The first-order valence-corrected chi connectivity index (χ1v) is 17.9. The lowest BCUT2D eigenvalue weighted by molar-refractivity contribution is -0.145. The molecule has 3 fully saturated rings. The largest absolute Gasteiger partial charge is 0.363 e. The lowest BCUT2D eigenvalue weighted by atomic mass is 9.83. The number of sulfone groups is 1. The maximum atomic E-state index is 14.3. The van der Waals surface area contributed by atoms with Gasteiger partial charge in [-0.25, -0.2) is 13.2 Å². The van der Waals surface area contributed by atoms with Crippen molar-refractivity contribution < 1.29 is 32.4 Å². The predicted octanol–water partition coefficient (Wildman–Crippen LogP) is 2.44. The smallest absolute Gasteiger partial charge is 0.315 e. The fraction of sp³-hybridized carbons (Fsp3) is 0.844. The summed E-state index contributed by atoms with van der Waals surface area (Å²) in [7, 11) is -3.56. The molecule has 0 aromatic heterocycles. The third-order valence-corrected chi connectivity index (χ3v) is 13.0. The fourth-order valence-corrected chi connectivity index (χ4v) is 8.66. The average Bonchev–Trinajstić information content (AvgIpc) is 3.21. The molecule has 0 aromatic rings. The summed E-state index contributed by atoms with van der Waals surface area (Å²) < 4.78 is 25.5. The molecule has 12 nitrogen and oxygen atoms in total. The lowest BCUT2D eigenvalue weighted by Crippen LogP contribution is -2.64. The van der Waals surface area contributed by atoms with Gasteiger partial charge in [0.2, 0.25) is 17.6 Å². The minimum atomic E-state index is -3.56. The van der Waals surface area contributed by atoms with Crippen LogP contribution in [0.4, 0.5) is 4.79 Å². The van der Waals surface area contributed by atoms with Crippen LogP contribution in [-0.2, 0) is 29.0 Å². The van der Waals surface area contributed by atoms with E-state index in [0.717, 1.165) is 19.3 Å². The zero-order chi connectivity index (χ0) is 34.3. The predicted molar refractivity (Wildman–Crippen MR) is 172 cm³/mol. The summed E-state index contributed by atoms with van der Waals surface area (Å²) in [6, 6.07) is -3.65. The van der Waals surface area contributed by atoms with Gasteiger partial charge in [-0.15, -0.1) is 0 Å². The molecule has 3 rings (SSSR count). The molecule has 0 aromatic carbocycles. The number of hydrogen-bond donors (Lipinski definition) is 4. The first kappa shape index (κ1) is 36.8. The SMILES string of the molecule is CCCC(NC(=O)[C@@H]1[C@@H]2[C@H](CN1C(=O)[C@@H](NC(=O)NC1(CS(=O)(=O)C(C)(C)C)CCCCC1)C(C)(C)C)C2(C)C)C(=O)C(N)=O. The molecule has 13 heteroatoms. The van der Waals surface area contributed by atoms with Gasteiger partial charge in [-0.1, -0.05) is 67.2 Å². The van der Waals surface area contributed by atoms with Crippen LogP contribution in [0, 0.1) is 22.7 Å². The molecule has 2 saturated carbocycles. The lowest BCUT2D eigenvalue weighted by Gasteiger charge is -2.41. The Morgan fingerprint density at radius 1 is 0.956 bits per heavy atom. The Balaban J connectivity index is 1.86. The summed E-state index contributed by atoms with van der Waals surface area (Å²) in [4.78, 5) is 67.2. The van der Waals surface area contributed by atoms with Gasteiger partial charge >= 0.3 is 6.03 Å². The maximum absolute atomic E-state index is 14.3. The highest BCUT2D eigenvalue weighted by Gasteiger charge is 2.70. The Morgan fingerprint density at radius 3 is 2.02 bits per heavy atom. The Labute approximate surface area is 268 Å². The number of piperidine rings is 1. The molecule has 5 atom stereocenters. The van der Waals surface area contributed by atoms with Crippen LogP contribution in [0.3, 0.4) is 0 Å². The van der Waals surface area contributed by atoms with E-state index >= 15 is 0 Å². The summed E-state index contributed by atoms with van der Waals surface area (Å²) in [6.45, 7) is 16.6. The number of Topliss-reactive ketones (excluding diaryl/α,β-unsaturated/α-hetero) is 1. The summed E-state index contributed by atoms with van der Waals surface area (Å²) >= 11 is 0. The third kappa shape index (κ3) is 7.82. The quantitative estimate of drug-likeness (QED) is 0.247. The molecule has 0 radical (unpaired) electrons. The van der Waals surface area contributed by atoms with E-state index in [1.54, 1.807) is 20.8 Å². The molecule has 3 aliphatic rings. The van der Waals surface area contributed by atoms with Gasteiger partial charge in [-0.05, 0) is 62.7 Å². The van der Waals surface area contributed by atoms with E-state index in [1.807, 2.05) is 41.5 Å². The number of carbonyl (C=O) groups excluding carboxylic acids is 5. The highest BCUT2D eigenvalue weighted by Crippen LogP contribution is 2.65. The van der Waals surface area contributed by atoms with Crippen LogP contribution >= 0.6 is 0 Å². The zero-order valence-electron chi connectivity index (χ0n) is 28.5. The topological polar surface area (TPSA) is 185 Å². The molecule has 5 N–H and O–H groups in total. The number of nitrogens with zero attached hydrogens (tertiary/aromatic N) is 1. The van der Waals surface area contributed by atoms with Crippen LogP contribution in [0.5, 0.6) is 0 Å². The van der Waals surface area contributed by atoms with Crippen LogP contribution in [0.2, 0.25) is 0 Å². The number of nitrogens with one attached hydrogen (secondary N) is 3. The van der Waals surface area contributed by atoms with Gasteiger partial charge in [-0.3, -0.25) is 19.2 Å². The molecule has 45 heavy (non-hydrogen) atoms. The van der Waals surface area contributed by atoms with E-state index in [1.165, 1.54) is 4.90 Å². The van der Waals surface area contributed by atoms with Crippen molar-refractivity contribution in [3.8, 4) is 0 Å². The normalized spacial score (nSPS) is 25.4. The Morgan fingerprint density at radius 2 is 1.53 bits per heavy atom. The minimum absolute atomic E-state index is 0.0521. The molecule has 0 spiro atoms. The number of urea groups is 1. The number of nitrogens with two attached hydrogens (primary N) is 1. The highest BCUT2D eigenvalue weighted by molar-refractivity contribution is 7.92. The number of amides is 5. The Kier molecular flexibility index (Phi) is 10.5. The van der Waals surface area contributed by atoms with Crippen molar-refractivity contribution in [2.24, 2.45) is 28.4 Å². The van der Waals surface area contributed by atoms with Crippen molar-refractivity contribution in [1.82, 2.24) is 20.9 Å². The Bertz CT molecular complexity index is 1290. The molecule has 256 valence electrons. The first-order valence-electron chi connectivity index (χ1n) is 16.2. The summed E-state index contributed by atoms with van der Waals surface area (Å²) in [5, 5.41) is 8.52. The number of carbonyl (C=O) groups is 5. The maximum Gasteiger partial charge on any atom is 0.315 e. The van der Waals surface area contributed by atoms with Crippen LogP contribution in [-0.4, -0.2) is 83.6 Å². The standard InChI is InChI=1S/C32H55N5O7S/c1-10-14-20(23(38)25(33)39)34-26(40)22-21-19(31(21,8)9)17-37(22)27(41)24(29(2,3)4)35-28(42)36-32(15-12-11-13-16-32)18-45(43,44)30(5,6)7/h19-22,24H,10-18H2,1-9H3,(H2,33,39)(H,34,40)(H2,35,36,42)/t19-,20?,21-,22-,24+/m0/s1. The van der Waals surface area contributed by atoms with E-state index in [2.05, 4.69) is 16.0 Å². The molecule has 5 amide bonds. The number of likely N-dealkylation sites (tertiary alicyclic amines) is 1. The molecule has 1 aliphatic heterocycles. The van der Waals surface area contributed by atoms with Crippen molar-refractivity contribution in [2.75, 3.05) is 12.3 Å². The second kappa shape index (κ2) is 12.8. The monoisotopic (exact) mass is 653 g/mol. The number of hydrogen-bond acceptors (Lipinski definition) is 7. The van der Waals surface area contributed by atoms with Crippen molar-refractivity contribution in [3.63, 3.8) is 0 Å². The third-order valence-electron chi connectivity index (χ3n) is 10.2. The van der Waals surface area contributed by atoms with Crippen LogP contribution < -0.4 is 21.7 Å². The molecule has 1 unspecified atom stereocenters. The van der Waals surface area contributed by atoms with Gasteiger partial charge in [-0.2, -0.15) is 0 Å². The average molecular weight is 654 g/mol. The van der Waals surface area contributed by atoms with Crippen molar-refractivity contribution in [2.45, 2.75) is 136 Å². The van der Waals surface area contributed by atoms with Crippen LogP contribution in [0.25, 0.3) is 0 Å². The molecule has 2 aliphatic carbocycles. The molecular weight excluding hydrogens is 598 g/mol. The van der Waals surface area contributed by atoms with E-state index in [9.17, 15) is 32.4 Å². The van der Waals surface area contributed by atoms with Gasteiger partial charge in [0, 0.05) is 6.54 Å². The first-order chi connectivity index (χ1) is 20.5. The van der Waals surface area contributed by atoms with Gasteiger partial charge in [0.1, 0.15) is 12.1 Å². The minimum Gasteiger partial charge on any atom is -0.363 e. The van der Waals surface area contributed by atoms with Gasteiger partial charge in [0.15, 0.2) is 9.84 Å². The number of primary amides is 1. The number of rotatable bonds is 11. The van der Waals surface area contributed by atoms with Crippen LogP contribution in [0.1, 0.15) is 107 Å². The molecule has 1 heterocycles. The van der Waals surface area contributed by atoms with E-state index in [0.29, 0.717) is 25.8 Å². The number of ketones is 1. The van der Waals surface area contributed by atoms with Gasteiger partial charge in [0.05, 0.1) is 22.1 Å². The van der Waals surface area contributed by atoms with Crippen LogP contribution in [0.15, 0.2) is 0 Å². The van der Waals surface area contributed by atoms with Gasteiger partial charge in [0.25, 0.3) is 5.91 Å². The van der Waals surface area contributed by atoms with Crippen molar-refractivity contribution in [1.29, 1.82) is 0 Å². The molecule has 1 saturated heterocycles. The second-order valence-corrected chi connectivity index (χ2v) is 18.8. The van der Waals surface area contributed by atoms with E-state index < -0.39 is 73.2 Å². The van der Waals surface area contributed by atoms with E-state index in [4.69, 9.17) is 5.73 Å². The fourth-order valence-electron chi connectivity index (χ4n) is 7.14. The second-order valence-electron chi connectivity index (χ2n) is 16.1. The molecular formula is C32H55N5O7S. The van der Waals surface area contributed by atoms with Crippen molar-refractivity contribution in [3.05, 3.63) is 0 Å². The molecule has 0 bridgehead atoms. The Hall–Kier alpha value is -2.70. The summed E-state index contributed by atoms with van der Waals surface area (Å²) in [6.07, 6.45) is 4.29. The summed E-state index contributed by atoms with van der Waals surface area (Å²) in [5.74, 6) is -3.28. The summed E-state index contributed by atoms with van der Waals surface area (Å²) in [5.41, 5.74) is 3.31. The van der Waals surface area contributed by atoms with E-state index in [-0.39, 0.29) is 29.4 Å². The van der Waals surface area contributed by atoms with Crippen molar-refractivity contribution >= 4 is 39.4 Å². The number of fused-ring (bicyclic) bond motifs is 1. The zero-order valence-corrected chi connectivity index (χ0v) is 29.4.